The summed E-state index contributed by atoms with van der Waals surface area (Å²) in [5.41, 5.74) is 2.18. The summed E-state index contributed by atoms with van der Waals surface area (Å²) in [6, 6.07) is 25.9. The van der Waals surface area contributed by atoms with E-state index >= 15 is 0 Å². The fraction of sp³-hybridized carbons (Fsp3) is 0.154. The van der Waals surface area contributed by atoms with E-state index in [0.29, 0.717) is 30.5 Å². The maximum Gasteiger partial charge on any atom is 0.144 e. The van der Waals surface area contributed by atoms with Crippen molar-refractivity contribution in [3.05, 3.63) is 94.5 Å². The first-order valence-electron chi connectivity index (χ1n) is 9.91. The number of halogens is 1. The number of benzene rings is 4. The molecule has 0 spiro atoms. The molecule has 0 N–H and O–H groups in total. The van der Waals surface area contributed by atoms with Crippen LogP contribution < -0.4 is 18.9 Å². The first kappa shape index (κ1) is 21.1. The van der Waals surface area contributed by atoms with Crippen LogP contribution >= 0.6 is 15.9 Å². The van der Waals surface area contributed by atoms with E-state index in [1.54, 1.807) is 14.2 Å². The maximum absolute atomic E-state index is 6.21. The molecule has 31 heavy (non-hydrogen) atoms. The summed E-state index contributed by atoms with van der Waals surface area (Å²) >= 11 is 3.61. The van der Waals surface area contributed by atoms with Gasteiger partial charge in [0.1, 0.15) is 36.2 Å². The van der Waals surface area contributed by atoms with Crippen LogP contribution in [0.15, 0.2) is 83.3 Å². The molecule has 0 atom stereocenters. The van der Waals surface area contributed by atoms with Gasteiger partial charge in [0.25, 0.3) is 0 Å². The van der Waals surface area contributed by atoms with Crippen molar-refractivity contribution in [2.24, 2.45) is 0 Å². The highest BCUT2D eigenvalue weighted by molar-refractivity contribution is 9.10. The Hall–Kier alpha value is -3.18. The van der Waals surface area contributed by atoms with Gasteiger partial charge in [0.15, 0.2) is 0 Å². The van der Waals surface area contributed by atoms with Crippen LogP contribution in [-0.4, -0.2) is 14.2 Å². The lowest BCUT2D eigenvalue weighted by Crippen LogP contribution is -2.00. The Morgan fingerprint density at radius 1 is 0.677 bits per heavy atom. The van der Waals surface area contributed by atoms with Gasteiger partial charge in [-0.15, -0.1) is 0 Å². The van der Waals surface area contributed by atoms with Gasteiger partial charge in [-0.1, -0.05) is 60.7 Å². The van der Waals surface area contributed by atoms with Crippen molar-refractivity contribution >= 4 is 26.7 Å². The molecule has 0 fully saturated rings. The van der Waals surface area contributed by atoms with Crippen LogP contribution in [-0.2, 0) is 13.2 Å². The molecule has 0 aliphatic rings. The smallest absolute Gasteiger partial charge is 0.144 e. The van der Waals surface area contributed by atoms with Crippen LogP contribution in [0.5, 0.6) is 23.0 Å². The number of hydrogen-bond acceptors (Lipinski definition) is 4. The van der Waals surface area contributed by atoms with Crippen molar-refractivity contribution in [2.45, 2.75) is 13.2 Å². The van der Waals surface area contributed by atoms with Gasteiger partial charge < -0.3 is 18.9 Å². The largest absolute Gasteiger partial charge is 0.496 e. The highest BCUT2D eigenvalue weighted by Gasteiger charge is 2.18. The fourth-order valence-electron chi connectivity index (χ4n) is 3.44. The molecule has 0 saturated carbocycles. The van der Waals surface area contributed by atoms with Gasteiger partial charge in [-0.25, -0.2) is 0 Å². The molecule has 0 heterocycles. The quantitative estimate of drug-likeness (QED) is 0.279. The van der Waals surface area contributed by atoms with Crippen molar-refractivity contribution < 1.29 is 18.9 Å². The summed E-state index contributed by atoms with van der Waals surface area (Å²) in [4.78, 5) is 0. The maximum atomic E-state index is 6.21. The van der Waals surface area contributed by atoms with Gasteiger partial charge >= 0.3 is 0 Å². The average molecular weight is 479 g/mol. The number of fused-ring (bicyclic) bond motifs is 1. The third kappa shape index (κ3) is 4.78. The minimum Gasteiger partial charge on any atom is -0.496 e. The lowest BCUT2D eigenvalue weighted by molar-refractivity contribution is 0.301. The Morgan fingerprint density at radius 3 is 1.87 bits per heavy atom. The Morgan fingerprint density at radius 2 is 1.29 bits per heavy atom. The summed E-state index contributed by atoms with van der Waals surface area (Å²) in [7, 11) is 3.28. The van der Waals surface area contributed by atoms with E-state index < -0.39 is 0 Å². The normalized spacial score (nSPS) is 10.7. The van der Waals surface area contributed by atoms with Crippen molar-refractivity contribution in [3.8, 4) is 23.0 Å². The van der Waals surface area contributed by atoms with Crippen LogP contribution in [0.25, 0.3) is 10.8 Å². The monoisotopic (exact) mass is 478 g/mol. The van der Waals surface area contributed by atoms with E-state index in [0.717, 1.165) is 32.1 Å². The third-order valence-corrected chi connectivity index (χ3v) is 5.54. The summed E-state index contributed by atoms with van der Waals surface area (Å²) in [5, 5.41) is 1.69. The molecular formula is C26H23BrO4. The molecule has 0 aliphatic carbocycles. The molecule has 4 rings (SSSR count). The Bertz CT molecular complexity index is 1160. The summed E-state index contributed by atoms with van der Waals surface area (Å²) in [6.45, 7) is 0.912. The van der Waals surface area contributed by atoms with Gasteiger partial charge in [0.05, 0.1) is 24.1 Å². The molecule has 158 valence electrons. The zero-order chi connectivity index (χ0) is 21.6. The molecule has 0 aliphatic heterocycles. The van der Waals surface area contributed by atoms with E-state index in [2.05, 4.69) is 15.9 Å². The first-order chi connectivity index (χ1) is 15.2. The second-order valence-electron chi connectivity index (χ2n) is 6.99. The van der Waals surface area contributed by atoms with Crippen molar-refractivity contribution in [1.82, 2.24) is 0 Å². The topological polar surface area (TPSA) is 36.9 Å². The van der Waals surface area contributed by atoms with Gasteiger partial charge in [-0.3, -0.25) is 0 Å². The zero-order valence-corrected chi connectivity index (χ0v) is 19.0. The predicted octanol–water partition coefficient (Wildman–Crippen LogP) is 6.78. The molecule has 0 bridgehead atoms. The molecular weight excluding hydrogens is 456 g/mol. The summed E-state index contributed by atoms with van der Waals surface area (Å²) in [6.07, 6.45) is 0. The second-order valence-corrected chi connectivity index (χ2v) is 7.84. The van der Waals surface area contributed by atoms with Gasteiger partial charge in [0.2, 0.25) is 0 Å². The van der Waals surface area contributed by atoms with Crippen LogP contribution in [0.2, 0.25) is 0 Å². The van der Waals surface area contributed by atoms with Gasteiger partial charge in [0, 0.05) is 11.5 Å². The number of rotatable bonds is 8. The minimum absolute atomic E-state index is 0.451. The molecule has 0 saturated heterocycles. The highest BCUT2D eigenvalue weighted by atomic mass is 79.9. The molecule has 4 nitrogen and oxygen atoms in total. The molecule has 0 aromatic heterocycles. The standard InChI is InChI=1S/C26H23BrO4/c1-28-24-14-20(30-16-18-9-5-3-6-10-18)13-21-23(15-22(27)26(29-2)25(21)24)31-17-19-11-7-4-8-12-19/h3-15H,16-17H2,1-2H3. The molecule has 0 radical (unpaired) electrons. The predicted molar refractivity (Wildman–Crippen MR) is 126 cm³/mol. The van der Waals surface area contributed by atoms with Crippen molar-refractivity contribution in [1.29, 1.82) is 0 Å². The van der Waals surface area contributed by atoms with Gasteiger partial charge in [-0.2, -0.15) is 0 Å². The second kappa shape index (κ2) is 9.75. The van der Waals surface area contributed by atoms with E-state index in [4.69, 9.17) is 18.9 Å². The number of methoxy groups -OCH3 is 2. The Kier molecular flexibility index (Phi) is 6.63. The van der Waals surface area contributed by atoms with E-state index in [1.165, 1.54) is 0 Å². The average Bonchev–Trinajstić information content (AvgIpc) is 2.82. The fourth-order valence-corrected chi connectivity index (χ4v) is 4.00. The van der Waals surface area contributed by atoms with Crippen LogP contribution in [0.1, 0.15) is 11.1 Å². The lowest BCUT2D eigenvalue weighted by Gasteiger charge is -2.18. The third-order valence-electron chi connectivity index (χ3n) is 4.95. The molecule has 4 aromatic rings. The number of ether oxygens (including phenoxy) is 4. The SMILES string of the molecule is COc1cc(OCc2ccccc2)cc2c(OCc3ccccc3)cc(Br)c(OC)c12. The summed E-state index contributed by atoms with van der Waals surface area (Å²) < 4.78 is 24.4. The van der Waals surface area contributed by atoms with Crippen LogP contribution in [0, 0.1) is 0 Å². The highest BCUT2D eigenvalue weighted by Crippen LogP contribution is 2.46. The van der Waals surface area contributed by atoms with Crippen LogP contribution in [0.3, 0.4) is 0 Å². The van der Waals surface area contributed by atoms with E-state index in [1.807, 2.05) is 78.9 Å². The molecule has 4 aromatic carbocycles. The minimum atomic E-state index is 0.451. The van der Waals surface area contributed by atoms with E-state index in [9.17, 15) is 0 Å². The van der Waals surface area contributed by atoms with Crippen LogP contribution in [0.4, 0.5) is 0 Å². The molecule has 5 heteroatoms. The zero-order valence-electron chi connectivity index (χ0n) is 17.4. The Balaban J connectivity index is 1.74. The number of hydrogen-bond donors (Lipinski definition) is 0. The molecule has 0 unspecified atom stereocenters. The van der Waals surface area contributed by atoms with Crippen molar-refractivity contribution in [3.63, 3.8) is 0 Å². The van der Waals surface area contributed by atoms with Gasteiger partial charge in [-0.05, 0) is 39.2 Å². The Labute approximate surface area is 190 Å². The summed E-state index contributed by atoms with van der Waals surface area (Å²) in [5.74, 6) is 2.76. The van der Waals surface area contributed by atoms with Crippen molar-refractivity contribution in [2.75, 3.05) is 14.2 Å². The lowest BCUT2D eigenvalue weighted by atomic mass is 10.1. The van der Waals surface area contributed by atoms with E-state index in [-0.39, 0.29) is 0 Å². The first-order valence-corrected chi connectivity index (χ1v) is 10.7. The molecule has 0 amide bonds.